The third kappa shape index (κ3) is 8.28. The summed E-state index contributed by atoms with van der Waals surface area (Å²) in [4.78, 5) is 18.5. The summed E-state index contributed by atoms with van der Waals surface area (Å²) in [5, 5.41) is 20.8. The molecule has 0 bridgehead atoms. The Labute approximate surface area is 315 Å². The largest absolute Gasteiger partial charge is 0.381 e. The molecule has 55 heavy (non-hydrogen) atoms. The molecule has 0 spiro atoms. The number of aliphatic hydroxyl groups is 1. The van der Waals surface area contributed by atoms with Crippen molar-refractivity contribution in [3.63, 3.8) is 0 Å². The average Bonchev–Trinajstić information content (AvgIpc) is 3.68. The van der Waals surface area contributed by atoms with Crippen molar-refractivity contribution in [3.05, 3.63) is 93.0 Å². The summed E-state index contributed by atoms with van der Waals surface area (Å²) >= 11 is 6.55. The topological polar surface area (TPSA) is 144 Å². The minimum atomic E-state index is -3.83. The van der Waals surface area contributed by atoms with E-state index in [9.17, 15) is 35.9 Å². The number of carbonyl (C=O) groups is 1. The molecule has 1 amide bonds. The smallest absolute Gasteiger partial charge is 0.290 e. The van der Waals surface area contributed by atoms with Gasteiger partial charge in [0, 0.05) is 36.2 Å². The van der Waals surface area contributed by atoms with Crippen LogP contribution in [0.1, 0.15) is 72.6 Å². The molecule has 0 saturated carbocycles. The van der Waals surface area contributed by atoms with E-state index >= 15 is 8.78 Å². The van der Waals surface area contributed by atoms with E-state index < -0.39 is 82.3 Å². The number of aliphatic hydroxyl groups excluding tert-OH is 1. The lowest BCUT2D eigenvalue weighted by atomic mass is 9.93. The van der Waals surface area contributed by atoms with Gasteiger partial charge < -0.3 is 10.4 Å². The number of alkyl halides is 4. The maximum absolute atomic E-state index is 15.2. The van der Waals surface area contributed by atoms with Crippen LogP contribution in [0.4, 0.5) is 32.2 Å². The van der Waals surface area contributed by atoms with Crippen molar-refractivity contribution in [2.24, 2.45) is 7.05 Å². The lowest BCUT2D eigenvalue weighted by Crippen LogP contribution is -2.35. The van der Waals surface area contributed by atoms with Crippen molar-refractivity contribution < 1.29 is 44.7 Å². The zero-order chi connectivity index (χ0) is 40.1. The van der Waals surface area contributed by atoms with E-state index in [2.05, 4.69) is 37.1 Å². The molecule has 5 aromatic rings. The second-order valence-corrected chi connectivity index (χ2v) is 15.4. The molecule has 0 radical (unpaired) electrons. The van der Waals surface area contributed by atoms with Gasteiger partial charge in [0.1, 0.15) is 41.4 Å². The first-order valence-corrected chi connectivity index (χ1v) is 18.8. The van der Waals surface area contributed by atoms with Gasteiger partial charge in [0.25, 0.3) is 12.3 Å². The van der Waals surface area contributed by atoms with E-state index in [1.165, 1.54) is 37.7 Å². The molecule has 0 saturated heterocycles. The fourth-order valence-electron chi connectivity index (χ4n) is 6.84. The molecule has 3 N–H and O–H groups in total. The summed E-state index contributed by atoms with van der Waals surface area (Å²) in [5.41, 5.74) is -0.941. The third-order valence-electron chi connectivity index (χ3n) is 8.79. The van der Waals surface area contributed by atoms with E-state index in [0.29, 0.717) is 21.8 Å². The number of nitrogens with zero attached hydrogens (tertiary/aromatic N) is 5. The Balaban J connectivity index is 1.53. The highest BCUT2D eigenvalue weighted by Gasteiger charge is 2.50. The van der Waals surface area contributed by atoms with Gasteiger partial charge in [0.15, 0.2) is 5.82 Å². The Bertz CT molecular complexity index is 2490. The van der Waals surface area contributed by atoms with Gasteiger partial charge >= 0.3 is 0 Å². The number of benzene rings is 2. The number of rotatable bonds is 10. The maximum atomic E-state index is 15.2. The molecule has 1 aliphatic rings. The Morgan fingerprint density at radius 3 is 2.40 bits per heavy atom. The molecule has 3 aromatic heterocycles. The van der Waals surface area contributed by atoms with E-state index in [-0.39, 0.29) is 50.7 Å². The average molecular weight is 808 g/mol. The predicted octanol–water partition coefficient (Wildman–Crippen LogP) is 6.50. The zero-order valence-corrected chi connectivity index (χ0v) is 31.0. The van der Waals surface area contributed by atoms with Crippen LogP contribution in [-0.4, -0.2) is 56.3 Å². The summed E-state index contributed by atoms with van der Waals surface area (Å²) in [6.07, 6.45) is -4.44. The van der Waals surface area contributed by atoms with Crippen LogP contribution >= 0.6 is 11.6 Å². The Hall–Kier alpha value is -5.12. The summed E-state index contributed by atoms with van der Waals surface area (Å²) in [7, 11) is -2.31. The molecule has 0 unspecified atom stereocenters. The molecule has 290 valence electrons. The molecule has 6 rings (SSSR count). The van der Waals surface area contributed by atoms with E-state index in [4.69, 9.17) is 11.6 Å². The second kappa shape index (κ2) is 14.8. The Morgan fingerprint density at radius 1 is 1.09 bits per heavy atom. The van der Waals surface area contributed by atoms with Gasteiger partial charge in [-0.2, -0.15) is 19.0 Å². The Morgan fingerprint density at radius 2 is 1.76 bits per heavy atom. The zero-order valence-electron chi connectivity index (χ0n) is 29.4. The number of aryl methyl sites for hydroxylation is 1. The second-order valence-electron chi connectivity index (χ2n) is 13.3. The van der Waals surface area contributed by atoms with Crippen LogP contribution in [0.2, 0.25) is 5.02 Å². The van der Waals surface area contributed by atoms with Crippen LogP contribution in [0.25, 0.3) is 22.0 Å². The van der Waals surface area contributed by atoms with Crippen molar-refractivity contribution in [2.75, 3.05) is 11.0 Å². The van der Waals surface area contributed by atoms with Crippen molar-refractivity contribution in [2.45, 2.75) is 63.6 Å². The first-order valence-electron chi connectivity index (χ1n) is 16.6. The number of halogens is 7. The number of carbonyl (C=O) groups excluding carboxylic acids is 1. The van der Waals surface area contributed by atoms with Gasteiger partial charge in [0.2, 0.25) is 15.9 Å². The van der Waals surface area contributed by atoms with Crippen LogP contribution in [0, 0.1) is 23.5 Å². The number of aromatic nitrogens is 5. The standard InChI is InChI=1S/C36H32ClF6N7O4S/c1-17-15-36(42,43)33-28(17)31(34(40)41)46-50(33)16-27(52)45-26(13-19-11-20(38)14-21(39)12-19)30-23(8-7-22(44-30)6-5-18(2)51)24-9-10-25(37)29-32(24)49(3)47-35(29)48-55(4,53)54/h7-12,14,17-18,26,34,51H,13,15-16H2,1-4H3,(H,45,52)(H,47,48)/t17-,18-,26-/m0/s1. The molecule has 1 aliphatic carbocycles. The van der Waals surface area contributed by atoms with Gasteiger partial charge in [0.05, 0.1) is 33.9 Å². The van der Waals surface area contributed by atoms with Gasteiger partial charge in [-0.25, -0.2) is 31.0 Å². The number of pyridine rings is 1. The van der Waals surface area contributed by atoms with Crippen LogP contribution in [0.3, 0.4) is 0 Å². The van der Waals surface area contributed by atoms with E-state index in [1.54, 1.807) is 12.1 Å². The normalized spacial score (nSPS) is 16.1. The maximum Gasteiger partial charge on any atom is 0.290 e. The molecule has 2 aromatic carbocycles. The first kappa shape index (κ1) is 39.6. The van der Waals surface area contributed by atoms with E-state index in [0.717, 1.165) is 18.4 Å². The lowest BCUT2D eigenvalue weighted by molar-refractivity contribution is -0.122. The highest BCUT2D eigenvalue weighted by atomic mass is 35.5. The summed E-state index contributed by atoms with van der Waals surface area (Å²) in [6.45, 7) is 1.84. The summed E-state index contributed by atoms with van der Waals surface area (Å²) in [5.74, 6) is -2.22. The highest BCUT2D eigenvalue weighted by Crippen LogP contribution is 2.51. The molecule has 0 aliphatic heterocycles. The number of hydrogen-bond donors (Lipinski definition) is 3. The number of amides is 1. The van der Waals surface area contributed by atoms with Crippen LogP contribution in [0.5, 0.6) is 0 Å². The molecule has 3 atom stereocenters. The lowest BCUT2D eigenvalue weighted by Gasteiger charge is -2.23. The monoisotopic (exact) mass is 807 g/mol. The molecule has 19 heteroatoms. The van der Waals surface area contributed by atoms with Crippen LogP contribution < -0.4 is 10.0 Å². The molecular weight excluding hydrogens is 776 g/mol. The van der Waals surface area contributed by atoms with Gasteiger partial charge in [-0.15, -0.1) is 0 Å². The van der Waals surface area contributed by atoms with E-state index in [1.807, 2.05) is 0 Å². The van der Waals surface area contributed by atoms with Crippen molar-refractivity contribution >= 4 is 44.3 Å². The van der Waals surface area contributed by atoms with Crippen molar-refractivity contribution in [1.29, 1.82) is 0 Å². The summed E-state index contributed by atoms with van der Waals surface area (Å²) < 4.78 is 116. The van der Waals surface area contributed by atoms with Gasteiger partial charge in [-0.05, 0) is 61.1 Å². The van der Waals surface area contributed by atoms with Crippen molar-refractivity contribution in [1.82, 2.24) is 29.9 Å². The molecule has 11 nitrogen and oxygen atoms in total. The fraction of sp³-hybridized carbons (Fsp3) is 0.333. The number of anilines is 1. The minimum absolute atomic E-state index is 0.0239. The third-order valence-corrected chi connectivity index (χ3v) is 9.67. The molecular formula is C36H32ClF6N7O4S. The Kier molecular flexibility index (Phi) is 10.7. The summed E-state index contributed by atoms with van der Waals surface area (Å²) in [6, 6.07) is 7.43. The highest BCUT2D eigenvalue weighted by molar-refractivity contribution is 7.92. The number of hydrogen-bond acceptors (Lipinski definition) is 7. The van der Waals surface area contributed by atoms with Crippen LogP contribution in [0.15, 0.2) is 42.5 Å². The SMILES string of the molecule is C[C@H](O)C#Cc1ccc(-c2ccc(Cl)c3c(NS(C)(=O)=O)nn(C)c23)c([C@H](Cc2cc(F)cc(F)c2)NC(=O)Cn2nc(C(F)F)c3c2C(F)(F)C[C@@H]3C)n1. The molecule has 3 heterocycles. The number of fused-ring (bicyclic) bond motifs is 2. The minimum Gasteiger partial charge on any atom is -0.381 e. The van der Waals surface area contributed by atoms with Crippen LogP contribution in [-0.2, 0) is 40.8 Å². The van der Waals surface area contributed by atoms with Gasteiger partial charge in [-0.1, -0.05) is 30.5 Å². The fourth-order valence-corrected chi connectivity index (χ4v) is 7.58. The number of nitrogens with one attached hydrogen (secondary N) is 2. The van der Waals surface area contributed by atoms with Gasteiger partial charge in [-0.3, -0.25) is 18.9 Å². The number of sulfonamides is 1. The predicted molar refractivity (Wildman–Crippen MR) is 191 cm³/mol. The quantitative estimate of drug-likeness (QED) is 0.108. The van der Waals surface area contributed by atoms with Crippen molar-refractivity contribution in [3.8, 4) is 23.0 Å². The molecule has 0 fully saturated rings. The first-order chi connectivity index (χ1) is 25.7.